The summed E-state index contributed by atoms with van der Waals surface area (Å²) in [4.78, 5) is 44.2. The first kappa shape index (κ1) is 34.9. The molecule has 1 amide bonds. The van der Waals surface area contributed by atoms with E-state index in [-0.39, 0.29) is 41.4 Å². The molecule has 1 unspecified atom stereocenters. The maximum absolute atomic E-state index is 14.9. The summed E-state index contributed by atoms with van der Waals surface area (Å²) in [5.74, 6) is -3.03. The Morgan fingerprint density at radius 1 is 0.979 bits per heavy atom. The highest BCUT2D eigenvalue weighted by molar-refractivity contribution is 6.36. The highest BCUT2D eigenvalue weighted by atomic mass is 35.5. The van der Waals surface area contributed by atoms with E-state index in [0.29, 0.717) is 73.7 Å². The van der Waals surface area contributed by atoms with Crippen LogP contribution in [0.25, 0.3) is 10.9 Å². The van der Waals surface area contributed by atoms with Gasteiger partial charge >= 0.3 is 5.97 Å². The van der Waals surface area contributed by atoms with Crippen molar-refractivity contribution in [1.29, 1.82) is 0 Å². The maximum atomic E-state index is 14.9. The minimum absolute atomic E-state index is 0.0445. The molecule has 3 heterocycles. The first-order chi connectivity index (χ1) is 23.0. The van der Waals surface area contributed by atoms with Gasteiger partial charge in [-0.25, -0.2) is 0 Å². The largest absolute Gasteiger partial charge is 0.481 e. The molecule has 3 atom stereocenters. The third-order valence-corrected chi connectivity index (χ3v) is 10.6. The van der Waals surface area contributed by atoms with Crippen LogP contribution in [0.2, 0.25) is 10.0 Å². The minimum Gasteiger partial charge on any atom is -0.481 e. The number of para-hydroxylation sites is 1. The van der Waals surface area contributed by atoms with Gasteiger partial charge in [0, 0.05) is 61.8 Å². The Balaban J connectivity index is 1.29. The van der Waals surface area contributed by atoms with Crippen LogP contribution in [0.1, 0.15) is 68.3 Å². The summed E-state index contributed by atoms with van der Waals surface area (Å²) in [5, 5.41) is 13.9. The van der Waals surface area contributed by atoms with Gasteiger partial charge < -0.3 is 24.5 Å². The molecule has 12 heteroatoms. The van der Waals surface area contributed by atoms with Gasteiger partial charge in [0.05, 0.1) is 40.5 Å². The number of nitrogens with one attached hydrogen (secondary N) is 1. The van der Waals surface area contributed by atoms with Crippen molar-refractivity contribution in [1.82, 2.24) is 14.4 Å². The van der Waals surface area contributed by atoms with Gasteiger partial charge in [-0.15, -0.1) is 0 Å². The van der Waals surface area contributed by atoms with Gasteiger partial charge in [-0.05, 0) is 76.1 Å². The van der Waals surface area contributed by atoms with Crippen LogP contribution in [0.4, 0.5) is 5.69 Å². The number of Topliss-reactive ketones (excluding diaryl/α,β-unsaturated/α-hetero) is 1. The van der Waals surface area contributed by atoms with Crippen LogP contribution in [0, 0.1) is 5.92 Å². The molecule has 3 fully saturated rings. The molecule has 258 valence electrons. The molecule has 3 aliphatic rings. The van der Waals surface area contributed by atoms with Crippen LogP contribution in [0.15, 0.2) is 42.6 Å². The highest BCUT2D eigenvalue weighted by Crippen LogP contribution is 2.39. The maximum Gasteiger partial charge on any atom is 0.306 e. The van der Waals surface area contributed by atoms with Gasteiger partial charge in [0.25, 0.3) is 5.91 Å². The first-order valence-corrected chi connectivity index (χ1v) is 17.6. The fourth-order valence-electron chi connectivity index (χ4n) is 7.69. The number of likely N-dealkylation sites (tertiary alicyclic amines) is 1. The molecule has 48 heavy (non-hydrogen) atoms. The average molecular weight is 700 g/mol. The lowest BCUT2D eigenvalue weighted by Crippen LogP contribution is -2.71. The Morgan fingerprint density at radius 3 is 2.31 bits per heavy atom. The Hall–Kier alpha value is -2.99. The molecule has 2 aromatic carbocycles. The molecule has 1 aromatic heterocycles. The van der Waals surface area contributed by atoms with Crippen molar-refractivity contribution >= 4 is 57.5 Å². The molecule has 0 radical (unpaired) electrons. The number of anilines is 1. The number of ketones is 1. The quantitative estimate of drug-likeness (QED) is 0.251. The summed E-state index contributed by atoms with van der Waals surface area (Å²) in [5.41, 5.74) is 2.33. The number of aromatic nitrogens is 1. The lowest BCUT2D eigenvalue weighted by molar-refractivity contribution is -0.274. The van der Waals surface area contributed by atoms with Crippen molar-refractivity contribution in [3.05, 3.63) is 63.8 Å². The second kappa shape index (κ2) is 14.5. The van der Waals surface area contributed by atoms with E-state index >= 15 is 0 Å². The van der Waals surface area contributed by atoms with Gasteiger partial charge in [0.1, 0.15) is 0 Å². The molecule has 10 nitrogen and oxygen atoms in total. The van der Waals surface area contributed by atoms with E-state index in [9.17, 15) is 19.5 Å². The summed E-state index contributed by atoms with van der Waals surface area (Å²) in [6, 6.07) is 10.9. The Labute approximate surface area is 291 Å². The predicted molar refractivity (Wildman–Crippen MR) is 186 cm³/mol. The summed E-state index contributed by atoms with van der Waals surface area (Å²) < 4.78 is 15.0. The third-order valence-electron chi connectivity index (χ3n) is 9.98. The smallest absolute Gasteiger partial charge is 0.306 e. The number of hydrogen-bond donors (Lipinski definition) is 2. The van der Waals surface area contributed by atoms with Crippen molar-refractivity contribution in [2.75, 3.05) is 31.5 Å². The van der Waals surface area contributed by atoms with E-state index in [4.69, 9.17) is 32.7 Å². The number of aliphatic carboxylic acids is 1. The molecule has 3 aromatic rings. The number of carbonyl (C=O) groups is 3. The molecule has 0 bridgehead atoms. The topological polar surface area (TPSA) is 113 Å². The molecule has 1 saturated carbocycles. The number of carboxylic acid groups (broad SMARTS) is 1. The number of morpholine rings is 1. The number of halogens is 2. The molecular weight excluding hydrogens is 655 g/mol. The lowest BCUT2D eigenvalue weighted by atomic mass is 9.87. The van der Waals surface area contributed by atoms with Crippen LogP contribution in [0.5, 0.6) is 0 Å². The van der Waals surface area contributed by atoms with E-state index < -0.39 is 17.7 Å². The molecule has 2 N–H and O–H groups in total. The summed E-state index contributed by atoms with van der Waals surface area (Å²) in [6.07, 6.45) is 5.26. The second-order valence-electron chi connectivity index (χ2n) is 13.5. The number of carbonyl (C=O) groups excluding carboxylic acids is 2. The van der Waals surface area contributed by atoms with E-state index in [1.807, 2.05) is 49.7 Å². The molecule has 2 aliphatic heterocycles. The average Bonchev–Trinajstić information content (AvgIpc) is 3.71. The minimum atomic E-state index is -1.37. The van der Waals surface area contributed by atoms with E-state index in [0.717, 1.165) is 23.7 Å². The SMILES string of the molecule is C[C@@H]1CN(C(O[C@H]2CC[C@H](C(=O)O)CC2)(C(=O)Cc2cc(Cl)c(NC(=O)c3cn(C)c4ccccc34)cc2Cl)N2CCCC2)C[C@H](C)O1. The second-order valence-corrected chi connectivity index (χ2v) is 14.4. The number of nitrogens with zero attached hydrogens (tertiary/aromatic N) is 3. The number of rotatable bonds is 10. The molecule has 1 aliphatic carbocycles. The van der Waals surface area contributed by atoms with Crippen molar-refractivity contribution in [2.45, 2.75) is 83.0 Å². The molecular formula is C36H44Cl2N4O6. The number of ether oxygens (including phenoxy) is 2. The van der Waals surface area contributed by atoms with Gasteiger partial charge in [0.2, 0.25) is 5.85 Å². The third kappa shape index (κ3) is 7.02. The Bertz CT molecular complexity index is 1670. The van der Waals surface area contributed by atoms with Crippen molar-refractivity contribution < 1.29 is 29.0 Å². The first-order valence-electron chi connectivity index (χ1n) is 16.9. The number of aryl methyl sites for hydroxylation is 1. The predicted octanol–water partition coefficient (Wildman–Crippen LogP) is 6.37. The Kier molecular flexibility index (Phi) is 10.5. The van der Waals surface area contributed by atoms with Crippen LogP contribution < -0.4 is 5.32 Å². The zero-order chi connectivity index (χ0) is 34.2. The van der Waals surface area contributed by atoms with Crippen LogP contribution in [-0.4, -0.2) is 87.5 Å². The number of fused-ring (bicyclic) bond motifs is 1. The fourth-order valence-corrected chi connectivity index (χ4v) is 8.16. The van der Waals surface area contributed by atoms with Gasteiger partial charge in [-0.3, -0.25) is 24.2 Å². The van der Waals surface area contributed by atoms with Crippen molar-refractivity contribution in [3.63, 3.8) is 0 Å². The summed E-state index contributed by atoms with van der Waals surface area (Å²) >= 11 is 13.6. The van der Waals surface area contributed by atoms with Gasteiger partial charge in [0.15, 0.2) is 5.78 Å². The molecule has 6 rings (SSSR count). The molecule has 2 saturated heterocycles. The zero-order valence-electron chi connectivity index (χ0n) is 27.7. The van der Waals surface area contributed by atoms with Gasteiger partial charge in [-0.1, -0.05) is 41.4 Å². The Morgan fingerprint density at radius 2 is 1.65 bits per heavy atom. The van der Waals surface area contributed by atoms with Crippen molar-refractivity contribution in [2.24, 2.45) is 13.0 Å². The normalized spacial score (nSPS) is 25.2. The monoisotopic (exact) mass is 698 g/mol. The standard InChI is InChI=1S/C36H44Cl2N4O6/c1-22-19-42(20-23(2)47-22)36(41-14-6-7-15-41,48-26-12-10-24(11-13-26)35(45)46)33(43)17-25-16-30(38)31(18-29(25)37)39-34(44)28-21-40(3)32-9-5-4-8-27(28)32/h4-5,8-9,16,18,21-24,26H,6-7,10-15,17,19-20H2,1-3H3,(H,39,44)(H,45,46)/t22-,23+,24-,26-,36?. The van der Waals surface area contributed by atoms with E-state index in [1.54, 1.807) is 18.3 Å². The van der Waals surface area contributed by atoms with Gasteiger partial charge in [-0.2, -0.15) is 0 Å². The zero-order valence-corrected chi connectivity index (χ0v) is 29.2. The number of amides is 1. The lowest BCUT2D eigenvalue weighted by Gasteiger charge is -2.52. The van der Waals surface area contributed by atoms with Crippen LogP contribution in [-0.2, 0) is 32.5 Å². The molecule has 0 spiro atoms. The van der Waals surface area contributed by atoms with Crippen LogP contribution in [0.3, 0.4) is 0 Å². The number of hydrogen-bond acceptors (Lipinski definition) is 7. The summed E-state index contributed by atoms with van der Waals surface area (Å²) in [7, 11) is 1.89. The highest BCUT2D eigenvalue weighted by Gasteiger charge is 2.54. The fraction of sp³-hybridized carbons (Fsp3) is 0.528. The summed E-state index contributed by atoms with van der Waals surface area (Å²) in [6.45, 7) is 6.41. The van der Waals surface area contributed by atoms with Crippen LogP contribution >= 0.6 is 23.2 Å². The number of carboxylic acids is 1. The van der Waals surface area contributed by atoms with E-state index in [2.05, 4.69) is 15.1 Å². The van der Waals surface area contributed by atoms with Crippen molar-refractivity contribution in [3.8, 4) is 0 Å². The number of benzene rings is 2. The van der Waals surface area contributed by atoms with E-state index in [1.165, 1.54) is 0 Å².